The molecule has 3 aromatic heterocycles. The van der Waals surface area contributed by atoms with Gasteiger partial charge in [0.1, 0.15) is 5.65 Å². The second kappa shape index (κ2) is 6.51. The summed E-state index contributed by atoms with van der Waals surface area (Å²) < 4.78 is 1.92. The average Bonchev–Trinajstić information content (AvgIpc) is 3.27. The van der Waals surface area contributed by atoms with E-state index in [1.807, 2.05) is 34.3 Å². The second-order valence-electron chi connectivity index (χ2n) is 5.80. The molecule has 4 rings (SSSR count). The van der Waals surface area contributed by atoms with Crippen LogP contribution in [0.2, 0.25) is 5.02 Å². The van der Waals surface area contributed by atoms with Crippen LogP contribution in [0.1, 0.15) is 18.5 Å². The molecule has 1 aliphatic rings. The molecule has 1 fully saturated rings. The largest absolute Gasteiger partial charge is 0.305 e. The monoisotopic (exact) mass is 361 g/mol. The van der Waals surface area contributed by atoms with Crippen molar-refractivity contribution in [1.82, 2.24) is 19.3 Å². The number of hydrogen-bond acceptors (Lipinski definition) is 5. The summed E-state index contributed by atoms with van der Waals surface area (Å²) in [6.07, 6.45) is 7.36. The lowest BCUT2D eigenvalue weighted by molar-refractivity contribution is -0.120. The third-order valence-electron chi connectivity index (χ3n) is 4.16. The van der Waals surface area contributed by atoms with E-state index >= 15 is 0 Å². The number of anilines is 1. The highest BCUT2D eigenvalue weighted by atomic mass is 35.5. The van der Waals surface area contributed by atoms with Crippen LogP contribution in [0.15, 0.2) is 36.1 Å². The molecule has 1 saturated heterocycles. The van der Waals surface area contributed by atoms with Crippen molar-refractivity contribution in [3.63, 3.8) is 0 Å². The van der Waals surface area contributed by atoms with E-state index in [9.17, 15) is 4.79 Å². The first kappa shape index (κ1) is 15.6. The molecule has 1 unspecified atom stereocenters. The van der Waals surface area contributed by atoms with E-state index in [-0.39, 0.29) is 11.9 Å². The van der Waals surface area contributed by atoms with E-state index in [1.54, 1.807) is 6.20 Å². The number of nitrogens with zero attached hydrogens (tertiary/aromatic N) is 4. The Hall–Kier alpha value is -1.96. The minimum atomic E-state index is -0.137. The number of thiazole rings is 1. The molecule has 0 aliphatic carbocycles. The molecule has 1 atom stereocenters. The predicted octanol–water partition coefficient (Wildman–Crippen LogP) is 3.05. The van der Waals surface area contributed by atoms with Gasteiger partial charge >= 0.3 is 0 Å². The van der Waals surface area contributed by atoms with Gasteiger partial charge in [-0.2, -0.15) is 0 Å². The standard InChI is InChI=1S/C16H16ClN5OS/c17-11-3-4-14-19-12(10-22(14)8-11)9-21-6-1-2-13(21)15(23)20-16-18-5-7-24-16/h3-5,7-8,10,13H,1-2,6,9H2,(H,18,20,23). The van der Waals surface area contributed by atoms with Crippen molar-refractivity contribution in [1.29, 1.82) is 0 Å². The molecule has 3 aromatic rings. The number of hydrogen-bond donors (Lipinski definition) is 1. The number of carbonyl (C=O) groups excluding carboxylic acids is 1. The Morgan fingerprint density at radius 1 is 1.42 bits per heavy atom. The van der Waals surface area contributed by atoms with Crippen molar-refractivity contribution in [2.75, 3.05) is 11.9 Å². The van der Waals surface area contributed by atoms with Crippen LogP contribution in [0.5, 0.6) is 0 Å². The Morgan fingerprint density at radius 2 is 2.33 bits per heavy atom. The molecule has 0 aromatic carbocycles. The Balaban J connectivity index is 1.48. The van der Waals surface area contributed by atoms with Gasteiger partial charge in [-0.25, -0.2) is 9.97 Å². The highest BCUT2D eigenvalue weighted by Gasteiger charge is 2.31. The number of aromatic nitrogens is 3. The fourth-order valence-corrected chi connectivity index (χ4v) is 3.79. The Labute approximate surface area is 148 Å². The summed E-state index contributed by atoms with van der Waals surface area (Å²) in [5, 5.41) is 6.07. The van der Waals surface area contributed by atoms with Crippen LogP contribution in [-0.4, -0.2) is 37.8 Å². The van der Waals surface area contributed by atoms with Crippen molar-refractivity contribution in [2.24, 2.45) is 0 Å². The van der Waals surface area contributed by atoms with Crippen molar-refractivity contribution < 1.29 is 4.79 Å². The molecule has 24 heavy (non-hydrogen) atoms. The van der Waals surface area contributed by atoms with E-state index in [0.29, 0.717) is 16.7 Å². The summed E-state index contributed by atoms with van der Waals surface area (Å²) in [4.78, 5) is 23.4. The Morgan fingerprint density at radius 3 is 3.17 bits per heavy atom. The van der Waals surface area contributed by atoms with Crippen LogP contribution in [0, 0.1) is 0 Å². The number of likely N-dealkylation sites (tertiary alicyclic amines) is 1. The first-order chi connectivity index (χ1) is 11.7. The summed E-state index contributed by atoms with van der Waals surface area (Å²) >= 11 is 7.44. The van der Waals surface area contributed by atoms with Gasteiger partial charge in [-0.1, -0.05) is 11.6 Å². The van der Waals surface area contributed by atoms with Gasteiger partial charge in [0.25, 0.3) is 0 Å². The Kier molecular flexibility index (Phi) is 4.22. The van der Waals surface area contributed by atoms with E-state index < -0.39 is 0 Å². The third-order valence-corrected chi connectivity index (χ3v) is 5.07. The number of fused-ring (bicyclic) bond motifs is 1. The normalized spacial score (nSPS) is 18.3. The van der Waals surface area contributed by atoms with Crippen LogP contribution in [-0.2, 0) is 11.3 Å². The summed E-state index contributed by atoms with van der Waals surface area (Å²) in [6.45, 7) is 1.54. The summed E-state index contributed by atoms with van der Waals surface area (Å²) in [5.41, 5.74) is 1.79. The topological polar surface area (TPSA) is 62.5 Å². The van der Waals surface area contributed by atoms with Crippen LogP contribution in [0.4, 0.5) is 5.13 Å². The summed E-state index contributed by atoms with van der Waals surface area (Å²) in [7, 11) is 0. The molecular formula is C16H16ClN5OS. The lowest BCUT2D eigenvalue weighted by atomic mass is 10.2. The minimum Gasteiger partial charge on any atom is -0.305 e. The maximum atomic E-state index is 12.5. The zero-order valence-corrected chi connectivity index (χ0v) is 14.4. The van der Waals surface area contributed by atoms with Crippen molar-refractivity contribution in [2.45, 2.75) is 25.4 Å². The van der Waals surface area contributed by atoms with Crippen molar-refractivity contribution in [3.05, 3.63) is 46.8 Å². The van der Waals surface area contributed by atoms with Crippen LogP contribution in [0.3, 0.4) is 0 Å². The third kappa shape index (κ3) is 3.15. The molecule has 1 aliphatic heterocycles. The molecule has 124 valence electrons. The molecular weight excluding hydrogens is 346 g/mol. The van der Waals surface area contributed by atoms with Gasteiger partial charge in [0, 0.05) is 30.5 Å². The molecule has 0 saturated carbocycles. The van der Waals surface area contributed by atoms with Gasteiger partial charge in [0.2, 0.25) is 5.91 Å². The molecule has 8 heteroatoms. The molecule has 6 nitrogen and oxygen atoms in total. The molecule has 1 amide bonds. The smallest absolute Gasteiger partial charge is 0.243 e. The fourth-order valence-electron chi connectivity index (χ4n) is 3.09. The van der Waals surface area contributed by atoms with Gasteiger partial charge in [0.15, 0.2) is 5.13 Å². The van der Waals surface area contributed by atoms with Gasteiger partial charge in [-0.15, -0.1) is 11.3 Å². The highest BCUT2D eigenvalue weighted by molar-refractivity contribution is 7.13. The zero-order chi connectivity index (χ0) is 16.5. The maximum absolute atomic E-state index is 12.5. The zero-order valence-electron chi connectivity index (χ0n) is 12.9. The molecule has 0 spiro atoms. The van der Waals surface area contributed by atoms with E-state index in [1.165, 1.54) is 11.3 Å². The number of nitrogens with one attached hydrogen (secondary N) is 1. The van der Waals surface area contributed by atoms with Gasteiger partial charge in [-0.3, -0.25) is 9.69 Å². The predicted molar refractivity (Wildman–Crippen MR) is 94.4 cm³/mol. The number of pyridine rings is 1. The van der Waals surface area contributed by atoms with Gasteiger partial charge in [-0.05, 0) is 31.5 Å². The number of carbonyl (C=O) groups is 1. The number of halogens is 1. The summed E-state index contributed by atoms with van der Waals surface area (Å²) in [5.74, 6) is 0.00857. The van der Waals surface area contributed by atoms with Crippen molar-refractivity contribution >= 4 is 39.6 Å². The van der Waals surface area contributed by atoms with Gasteiger partial charge in [0.05, 0.1) is 16.8 Å². The maximum Gasteiger partial charge on any atom is 0.243 e. The number of amides is 1. The first-order valence-electron chi connectivity index (χ1n) is 7.76. The van der Waals surface area contributed by atoms with Gasteiger partial charge < -0.3 is 9.72 Å². The lowest BCUT2D eigenvalue weighted by Crippen LogP contribution is -2.39. The van der Waals surface area contributed by atoms with E-state index in [0.717, 1.165) is 30.7 Å². The van der Waals surface area contributed by atoms with E-state index in [4.69, 9.17) is 11.6 Å². The van der Waals surface area contributed by atoms with Crippen LogP contribution < -0.4 is 5.32 Å². The molecule has 0 bridgehead atoms. The minimum absolute atomic E-state index is 0.00857. The highest BCUT2D eigenvalue weighted by Crippen LogP contribution is 2.22. The fraction of sp³-hybridized carbons (Fsp3) is 0.312. The SMILES string of the molecule is O=C(Nc1nccs1)C1CCCN1Cc1cn2cc(Cl)ccc2n1. The first-order valence-corrected chi connectivity index (χ1v) is 9.02. The number of imidazole rings is 1. The Bertz CT molecular complexity index is 863. The molecule has 1 N–H and O–H groups in total. The van der Waals surface area contributed by atoms with Crippen molar-refractivity contribution in [3.8, 4) is 0 Å². The van der Waals surface area contributed by atoms with Crippen LogP contribution in [0.25, 0.3) is 5.65 Å². The number of rotatable bonds is 4. The molecule has 4 heterocycles. The lowest BCUT2D eigenvalue weighted by Gasteiger charge is -2.22. The second-order valence-corrected chi connectivity index (χ2v) is 7.13. The quantitative estimate of drug-likeness (QED) is 0.775. The van der Waals surface area contributed by atoms with E-state index in [2.05, 4.69) is 20.2 Å². The summed E-state index contributed by atoms with van der Waals surface area (Å²) in [6, 6.07) is 3.58. The average molecular weight is 362 g/mol. The molecule has 0 radical (unpaired) electrons. The van der Waals surface area contributed by atoms with Crippen LogP contribution >= 0.6 is 22.9 Å².